The van der Waals surface area contributed by atoms with E-state index in [4.69, 9.17) is 28.5 Å². The Labute approximate surface area is 447 Å². The van der Waals surface area contributed by atoms with E-state index < -0.39 is 108 Å². The highest BCUT2D eigenvalue weighted by molar-refractivity contribution is 7.99. The second-order valence-electron chi connectivity index (χ2n) is 18.1. The van der Waals surface area contributed by atoms with Crippen molar-refractivity contribution in [3.8, 4) is 0 Å². The van der Waals surface area contributed by atoms with Gasteiger partial charge in [0, 0.05) is 53.8 Å². The molecule has 2 aliphatic heterocycles. The van der Waals surface area contributed by atoms with Crippen molar-refractivity contribution in [3.05, 3.63) is 93.1 Å². The van der Waals surface area contributed by atoms with E-state index in [-0.39, 0.29) is 68.5 Å². The fourth-order valence-electron chi connectivity index (χ4n) is 7.94. The van der Waals surface area contributed by atoms with Gasteiger partial charge in [-0.1, -0.05) is 74.0 Å². The van der Waals surface area contributed by atoms with E-state index in [0.29, 0.717) is 22.8 Å². The fraction of sp³-hybridized carbons (Fsp3) is 0.469. The van der Waals surface area contributed by atoms with Gasteiger partial charge in [-0.05, 0) is 65.6 Å². The third-order valence-electron chi connectivity index (χ3n) is 11.9. The average molecular weight is 1100 g/mol. The van der Waals surface area contributed by atoms with Crippen LogP contribution in [0.5, 0.6) is 0 Å². The number of hydrogen-bond donors (Lipinski definition) is 11. The number of thiophene rings is 1. The van der Waals surface area contributed by atoms with E-state index >= 15 is 0 Å². The number of nitrogens with zero attached hydrogens (tertiary/aromatic N) is 1. The molecule has 9 amide bonds. The van der Waals surface area contributed by atoms with E-state index in [1.165, 1.54) is 39.8 Å². The Kier molecular flexibility index (Phi) is 23.3. The fourth-order valence-corrected chi connectivity index (χ4v) is 11.0. The summed E-state index contributed by atoms with van der Waals surface area (Å²) < 4.78 is 0. The Morgan fingerprint density at radius 3 is 2.15 bits per heavy atom. The van der Waals surface area contributed by atoms with Crippen molar-refractivity contribution >= 4 is 106 Å². The van der Waals surface area contributed by atoms with Crippen LogP contribution in [0, 0.1) is 11.3 Å². The molecule has 7 atom stereocenters. The lowest BCUT2D eigenvalue weighted by molar-refractivity contribution is -0.142. The van der Waals surface area contributed by atoms with Gasteiger partial charge in [0.15, 0.2) is 5.96 Å². The van der Waals surface area contributed by atoms with Crippen LogP contribution in [0.2, 0.25) is 5.02 Å². The van der Waals surface area contributed by atoms with Crippen molar-refractivity contribution in [1.82, 2.24) is 47.4 Å². The molecule has 0 saturated carbocycles. The predicted octanol–water partition coefficient (Wildman–Crippen LogP) is 0.635. The van der Waals surface area contributed by atoms with Gasteiger partial charge >= 0.3 is 0 Å². The zero-order valence-corrected chi connectivity index (χ0v) is 44.3. The minimum Gasteiger partial charge on any atom is -0.370 e. The highest BCUT2D eigenvalue weighted by Gasteiger charge is 2.41. The topological polar surface area (TPSA) is 329 Å². The molecule has 0 radical (unpaired) electrons. The molecule has 0 bridgehead atoms. The number of carbonyl (C=O) groups is 9. The molecule has 2 fully saturated rings. The van der Waals surface area contributed by atoms with Crippen LogP contribution in [0.3, 0.4) is 0 Å². The molecule has 0 spiro atoms. The molecule has 0 unspecified atom stereocenters. The number of amides is 9. The molecule has 3 aromatic rings. The molecule has 2 aliphatic rings. The van der Waals surface area contributed by atoms with Crippen LogP contribution < -0.4 is 54.0 Å². The molecular formula is C49H65ClN12O9S3. The Balaban J connectivity index is 1.40. The highest BCUT2D eigenvalue weighted by atomic mass is 35.5. The Hall–Kier alpha value is -6.37. The quantitative estimate of drug-likeness (QED) is 0.0503. The van der Waals surface area contributed by atoms with E-state index in [9.17, 15) is 43.2 Å². The number of guanidine groups is 1. The molecule has 0 aliphatic carbocycles. The van der Waals surface area contributed by atoms with Gasteiger partial charge in [-0.2, -0.15) is 11.8 Å². The first-order chi connectivity index (χ1) is 35.4. The number of halogens is 1. The molecule has 13 N–H and O–H groups in total. The van der Waals surface area contributed by atoms with Crippen molar-refractivity contribution in [1.29, 1.82) is 5.41 Å². The molecule has 1 aromatic heterocycles. The summed E-state index contributed by atoms with van der Waals surface area (Å²) in [5.74, 6) is -6.85. The summed E-state index contributed by atoms with van der Waals surface area (Å²) in [6.45, 7) is 3.74. The SMILES string of the molecule is CC(C)[C@@H]1NC(=O)[C@H](Cc2cccs2)NC(=O)[C@H](Cc2ccc(Cl)cc2)NC(=O)CCCSC[C@@H](C(=O)N2CSC[C@H]2C(=O)N[C@H](CCCNC(=N)N)C(=O)NCc2ccccc2)NC(=O)[C@H](CC(N)=O)NC1=O. The number of rotatable bonds is 17. The van der Waals surface area contributed by atoms with E-state index in [1.54, 1.807) is 55.6 Å². The summed E-state index contributed by atoms with van der Waals surface area (Å²) in [4.78, 5) is 127. The maximum atomic E-state index is 14.7. The molecule has 400 valence electrons. The number of primary amides is 1. The van der Waals surface area contributed by atoms with Crippen molar-refractivity contribution in [2.75, 3.05) is 29.7 Å². The molecule has 74 heavy (non-hydrogen) atoms. The lowest BCUT2D eigenvalue weighted by Gasteiger charge is -2.31. The van der Waals surface area contributed by atoms with Crippen molar-refractivity contribution in [3.63, 3.8) is 0 Å². The van der Waals surface area contributed by atoms with Gasteiger partial charge in [0.1, 0.15) is 42.3 Å². The number of nitrogens with two attached hydrogens (primary N) is 2. The van der Waals surface area contributed by atoms with Crippen molar-refractivity contribution in [2.24, 2.45) is 17.4 Å². The lowest BCUT2D eigenvalue weighted by atomic mass is 10.0. The monoisotopic (exact) mass is 1100 g/mol. The molecule has 21 nitrogen and oxygen atoms in total. The third-order valence-corrected chi connectivity index (χ3v) is 15.2. The summed E-state index contributed by atoms with van der Waals surface area (Å²) in [5.41, 5.74) is 12.5. The third kappa shape index (κ3) is 18.8. The van der Waals surface area contributed by atoms with Crippen LogP contribution >= 0.6 is 46.5 Å². The number of carbonyl (C=O) groups excluding carboxylic acids is 9. The largest absolute Gasteiger partial charge is 0.370 e. The van der Waals surface area contributed by atoms with Gasteiger partial charge in [0.2, 0.25) is 53.2 Å². The molecular weight excluding hydrogens is 1030 g/mol. The number of benzene rings is 2. The van der Waals surface area contributed by atoms with Gasteiger partial charge in [0.05, 0.1) is 12.3 Å². The predicted molar refractivity (Wildman–Crippen MR) is 285 cm³/mol. The summed E-state index contributed by atoms with van der Waals surface area (Å²) in [7, 11) is 0. The van der Waals surface area contributed by atoms with Crippen molar-refractivity contribution in [2.45, 2.75) is 108 Å². The van der Waals surface area contributed by atoms with Crippen LogP contribution in [-0.4, -0.2) is 136 Å². The first-order valence-corrected chi connectivity index (χ1v) is 27.7. The van der Waals surface area contributed by atoms with Gasteiger partial charge in [0.25, 0.3) is 0 Å². The van der Waals surface area contributed by atoms with Crippen LogP contribution in [0.1, 0.15) is 62.0 Å². The lowest BCUT2D eigenvalue weighted by Crippen LogP contribution is -2.61. The molecule has 25 heteroatoms. The Bertz CT molecular complexity index is 2440. The maximum absolute atomic E-state index is 14.7. The van der Waals surface area contributed by atoms with Gasteiger partial charge < -0.3 is 58.9 Å². The first kappa shape index (κ1) is 58.5. The minimum absolute atomic E-state index is 0.0330. The zero-order valence-electron chi connectivity index (χ0n) is 41.1. The van der Waals surface area contributed by atoms with Crippen LogP contribution in [0.4, 0.5) is 0 Å². The Morgan fingerprint density at radius 1 is 0.784 bits per heavy atom. The summed E-state index contributed by atoms with van der Waals surface area (Å²) in [6, 6.07) is 10.7. The smallest absolute Gasteiger partial charge is 0.247 e. The number of hydrogen-bond acceptors (Lipinski definition) is 13. The Morgan fingerprint density at radius 2 is 1.47 bits per heavy atom. The first-order valence-electron chi connectivity index (χ1n) is 24.1. The van der Waals surface area contributed by atoms with Crippen LogP contribution in [0.25, 0.3) is 0 Å². The van der Waals surface area contributed by atoms with E-state index in [1.807, 2.05) is 30.3 Å². The van der Waals surface area contributed by atoms with E-state index in [0.717, 1.165) is 10.4 Å². The molecule has 2 saturated heterocycles. The standard InChI is InChI=1S/C49H65ClN12O9S3/c1-28(2)41-47(70)59-36(23-39(51)63)44(67)60-37(48(71)62-27-73-26-38(62)46(69)57-33(12-6-18-54-49(52)53)42(65)55-24-30-9-4-3-5-10-30)25-72-19-8-13-40(64)56-34(21-29-14-16-31(50)17-15-29)43(66)58-35(45(68)61-41)22-32-11-7-20-74-32/h3-5,7,9-11,14-17,20,28,33-38,41H,6,8,12-13,18-19,21-27H2,1-2H3,(H2,51,63)(H,55,65)(H,56,64)(H,57,69)(H,58,66)(H,59,70)(H,60,67)(H,61,68)(H4,52,53,54)/t33-,34+,35+,36+,37+,38+,41+/m1/s1. The molecule has 5 rings (SSSR count). The van der Waals surface area contributed by atoms with E-state index in [2.05, 4.69) is 42.5 Å². The normalized spacial score (nSPS) is 21.9. The minimum atomic E-state index is -1.62. The van der Waals surface area contributed by atoms with Crippen molar-refractivity contribution < 1.29 is 43.2 Å². The second-order valence-corrected chi connectivity index (χ2v) is 21.7. The highest BCUT2D eigenvalue weighted by Crippen LogP contribution is 2.24. The maximum Gasteiger partial charge on any atom is 0.247 e. The van der Waals surface area contributed by atoms with Gasteiger partial charge in [-0.25, -0.2) is 0 Å². The van der Waals surface area contributed by atoms with Crippen LogP contribution in [-0.2, 0) is 62.5 Å². The summed E-state index contributed by atoms with van der Waals surface area (Å²) in [6.07, 6.45) is 0.126. The zero-order chi connectivity index (χ0) is 53.7. The van der Waals surface area contributed by atoms with Crippen LogP contribution in [0.15, 0.2) is 72.1 Å². The van der Waals surface area contributed by atoms with Gasteiger partial charge in [-0.3, -0.25) is 48.6 Å². The second kappa shape index (κ2) is 29.5. The summed E-state index contributed by atoms with van der Waals surface area (Å²) >= 11 is 9.99. The summed E-state index contributed by atoms with van der Waals surface area (Å²) in [5, 5.41) is 31.7. The van der Waals surface area contributed by atoms with Gasteiger partial charge in [-0.15, -0.1) is 23.1 Å². The molecule has 3 heterocycles. The average Bonchev–Trinajstić information content (AvgIpc) is 4.08. The molecule has 2 aromatic carbocycles. The number of thioether (sulfide) groups is 2. The number of nitrogens with one attached hydrogen (secondary N) is 9.